The van der Waals surface area contributed by atoms with E-state index in [9.17, 15) is 4.79 Å². The molecule has 1 heterocycles. The minimum Gasteiger partial charge on any atom is -0.497 e. The first-order valence-electron chi connectivity index (χ1n) is 6.45. The summed E-state index contributed by atoms with van der Waals surface area (Å²) < 4.78 is 10.3. The molecular formula is C14H20N2O3. The van der Waals surface area contributed by atoms with Crippen LogP contribution in [0.2, 0.25) is 0 Å². The Kier molecular flexibility index (Phi) is 4.63. The number of hydrogen-bond donors (Lipinski definition) is 2. The number of nitrogens with one attached hydrogen (secondary N) is 2. The summed E-state index contributed by atoms with van der Waals surface area (Å²) in [5.74, 6) is 1.67. The molecule has 1 saturated heterocycles. The van der Waals surface area contributed by atoms with Crippen molar-refractivity contribution in [1.29, 1.82) is 0 Å². The Balaban J connectivity index is 2.00. The van der Waals surface area contributed by atoms with Gasteiger partial charge in [-0.1, -0.05) is 0 Å². The topological polar surface area (TPSA) is 59.6 Å². The first-order chi connectivity index (χ1) is 9.22. The van der Waals surface area contributed by atoms with Crippen LogP contribution in [0, 0.1) is 5.92 Å². The molecule has 1 aliphatic rings. The summed E-state index contributed by atoms with van der Waals surface area (Å²) in [7, 11) is 3.14. The number of methoxy groups -OCH3 is 2. The van der Waals surface area contributed by atoms with Crippen molar-refractivity contribution < 1.29 is 14.3 Å². The Labute approximate surface area is 113 Å². The SMILES string of the molecule is COc1cc(OC)cc(C(=O)NCC2CCNC2)c1. The lowest BCUT2D eigenvalue weighted by molar-refractivity contribution is 0.0947. The smallest absolute Gasteiger partial charge is 0.251 e. The summed E-state index contributed by atoms with van der Waals surface area (Å²) in [5, 5.41) is 6.23. The molecule has 19 heavy (non-hydrogen) atoms. The highest BCUT2D eigenvalue weighted by molar-refractivity contribution is 5.95. The van der Waals surface area contributed by atoms with Crippen LogP contribution >= 0.6 is 0 Å². The highest BCUT2D eigenvalue weighted by Crippen LogP contribution is 2.22. The average Bonchev–Trinajstić information content (AvgIpc) is 2.97. The molecular weight excluding hydrogens is 244 g/mol. The van der Waals surface area contributed by atoms with Gasteiger partial charge in [0, 0.05) is 18.2 Å². The molecule has 5 nitrogen and oxygen atoms in total. The lowest BCUT2D eigenvalue weighted by Crippen LogP contribution is -2.30. The minimum absolute atomic E-state index is 0.0934. The maximum atomic E-state index is 12.1. The molecule has 1 unspecified atom stereocenters. The molecule has 0 aliphatic carbocycles. The quantitative estimate of drug-likeness (QED) is 0.834. The van der Waals surface area contributed by atoms with Crippen molar-refractivity contribution in [3.63, 3.8) is 0 Å². The van der Waals surface area contributed by atoms with Crippen LogP contribution in [-0.2, 0) is 0 Å². The van der Waals surface area contributed by atoms with Gasteiger partial charge in [-0.3, -0.25) is 4.79 Å². The van der Waals surface area contributed by atoms with Crippen molar-refractivity contribution in [2.45, 2.75) is 6.42 Å². The van der Waals surface area contributed by atoms with Crippen LogP contribution in [0.1, 0.15) is 16.8 Å². The van der Waals surface area contributed by atoms with Gasteiger partial charge in [0.2, 0.25) is 0 Å². The normalized spacial score (nSPS) is 18.1. The molecule has 104 valence electrons. The van der Waals surface area contributed by atoms with E-state index in [0.717, 1.165) is 19.5 Å². The zero-order valence-corrected chi connectivity index (χ0v) is 11.4. The third kappa shape index (κ3) is 3.61. The highest BCUT2D eigenvalue weighted by atomic mass is 16.5. The standard InChI is InChI=1S/C14H20N2O3/c1-18-12-5-11(6-13(7-12)19-2)14(17)16-9-10-3-4-15-8-10/h5-7,10,15H,3-4,8-9H2,1-2H3,(H,16,17). The molecule has 1 aliphatic heterocycles. The Morgan fingerprint density at radius 2 is 2.00 bits per heavy atom. The average molecular weight is 264 g/mol. The number of hydrogen-bond acceptors (Lipinski definition) is 4. The number of carbonyl (C=O) groups excluding carboxylic acids is 1. The Morgan fingerprint density at radius 3 is 2.53 bits per heavy atom. The molecule has 2 rings (SSSR count). The van der Waals surface area contributed by atoms with E-state index in [0.29, 0.717) is 29.5 Å². The Hall–Kier alpha value is -1.75. The van der Waals surface area contributed by atoms with Gasteiger partial charge in [0.05, 0.1) is 14.2 Å². The van der Waals surface area contributed by atoms with Gasteiger partial charge in [0.15, 0.2) is 0 Å². The molecule has 0 aromatic heterocycles. The summed E-state index contributed by atoms with van der Waals surface area (Å²) in [6, 6.07) is 5.17. The fraction of sp³-hybridized carbons (Fsp3) is 0.500. The van der Waals surface area contributed by atoms with Gasteiger partial charge in [-0.05, 0) is 37.6 Å². The second kappa shape index (κ2) is 6.43. The predicted molar refractivity (Wildman–Crippen MR) is 72.9 cm³/mol. The monoisotopic (exact) mass is 264 g/mol. The van der Waals surface area contributed by atoms with Crippen molar-refractivity contribution in [2.24, 2.45) is 5.92 Å². The van der Waals surface area contributed by atoms with Crippen molar-refractivity contribution in [3.8, 4) is 11.5 Å². The van der Waals surface area contributed by atoms with E-state index >= 15 is 0 Å². The maximum Gasteiger partial charge on any atom is 0.251 e. The summed E-state index contributed by atoms with van der Waals surface area (Å²) in [4.78, 5) is 12.1. The van der Waals surface area contributed by atoms with E-state index in [1.54, 1.807) is 32.4 Å². The van der Waals surface area contributed by atoms with Gasteiger partial charge >= 0.3 is 0 Å². The van der Waals surface area contributed by atoms with Gasteiger partial charge in [-0.25, -0.2) is 0 Å². The minimum atomic E-state index is -0.0934. The largest absolute Gasteiger partial charge is 0.497 e. The number of amides is 1. The predicted octanol–water partition coefficient (Wildman–Crippen LogP) is 1.04. The molecule has 1 atom stereocenters. The number of rotatable bonds is 5. The van der Waals surface area contributed by atoms with Gasteiger partial charge in [0.1, 0.15) is 11.5 Å². The molecule has 1 aromatic carbocycles. The van der Waals surface area contributed by atoms with Crippen molar-refractivity contribution in [3.05, 3.63) is 23.8 Å². The van der Waals surface area contributed by atoms with E-state index in [1.807, 2.05) is 0 Å². The van der Waals surface area contributed by atoms with E-state index in [1.165, 1.54) is 0 Å². The second-order valence-electron chi connectivity index (χ2n) is 4.67. The van der Waals surface area contributed by atoms with Crippen LogP contribution in [0.4, 0.5) is 0 Å². The lowest BCUT2D eigenvalue weighted by atomic mass is 10.1. The van der Waals surface area contributed by atoms with Crippen LogP contribution in [0.3, 0.4) is 0 Å². The summed E-state index contributed by atoms with van der Waals surface area (Å²) in [6.45, 7) is 2.71. The second-order valence-corrected chi connectivity index (χ2v) is 4.67. The number of carbonyl (C=O) groups is 1. The fourth-order valence-corrected chi connectivity index (χ4v) is 2.17. The van der Waals surface area contributed by atoms with E-state index in [-0.39, 0.29) is 5.91 Å². The molecule has 2 N–H and O–H groups in total. The molecule has 1 aromatic rings. The molecule has 0 radical (unpaired) electrons. The molecule has 0 bridgehead atoms. The first-order valence-corrected chi connectivity index (χ1v) is 6.45. The van der Waals surface area contributed by atoms with Crippen LogP contribution in [-0.4, -0.2) is 39.8 Å². The summed E-state index contributed by atoms with van der Waals surface area (Å²) in [6.07, 6.45) is 1.11. The van der Waals surface area contributed by atoms with E-state index < -0.39 is 0 Å². The van der Waals surface area contributed by atoms with E-state index in [2.05, 4.69) is 10.6 Å². The molecule has 0 saturated carbocycles. The highest BCUT2D eigenvalue weighted by Gasteiger charge is 2.16. The first kappa shape index (κ1) is 13.7. The van der Waals surface area contributed by atoms with Crippen LogP contribution in [0.25, 0.3) is 0 Å². The molecule has 1 amide bonds. The number of ether oxygens (including phenoxy) is 2. The van der Waals surface area contributed by atoms with Crippen molar-refractivity contribution >= 4 is 5.91 Å². The third-order valence-electron chi connectivity index (χ3n) is 3.33. The zero-order chi connectivity index (χ0) is 13.7. The zero-order valence-electron chi connectivity index (χ0n) is 11.4. The lowest BCUT2D eigenvalue weighted by Gasteiger charge is -2.11. The van der Waals surface area contributed by atoms with Crippen LogP contribution < -0.4 is 20.1 Å². The van der Waals surface area contributed by atoms with Gasteiger partial charge in [0.25, 0.3) is 5.91 Å². The number of benzene rings is 1. The molecule has 5 heteroatoms. The van der Waals surface area contributed by atoms with Gasteiger partial charge in [-0.2, -0.15) is 0 Å². The van der Waals surface area contributed by atoms with Gasteiger partial charge < -0.3 is 20.1 Å². The van der Waals surface area contributed by atoms with Crippen molar-refractivity contribution in [2.75, 3.05) is 33.9 Å². The van der Waals surface area contributed by atoms with Crippen molar-refractivity contribution in [1.82, 2.24) is 10.6 Å². The van der Waals surface area contributed by atoms with Gasteiger partial charge in [-0.15, -0.1) is 0 Å². The maximum absolute atomic E-state index is 12.1. The van der Waals surface area contributed by atoms with Crippen LogP contribution in [0.5, 0.6) is 11.5 Å². The van der Waals surface area contributed by atoms with E-state index in [4.69, 9.17) is 9.47 Å². The third-order valence-corrected chi connectivity index (χ3v) is 3.33. The fourth-order valence-electron chi connectivity index (χ4n) is 2.17. The Bertz CT molecular complexity index is 420. The molecule has 0 spiro atoms. The summed E-state index contributed by atoms with van der Waals surface area (Å²) >= 11 is 0. The van der Waals surface area contributed by atoms with Crippen LogP contribution in [0.15, 0.2) is 18.2 Å². The molecule has 1 fully saturated rings. The summed E-state index contributed by atoms with van der Waals surface area (Å²) in [5.41, 5.74) is 0.558. The Morgan fingerprint density at radius 1 is 1.32 bits per heavy atom.